The van der Waals surface area contributed by atoms with Crippen LogP contribution < -0.4 is 0 Å². The van der Waals surface area contributed by atoms with E-state index in [1.54, 1.807) is 6.92 Å². The fourth-order valence-corrected chi connectivity index (χ4v) is 7.50. The number of phosphoric ester groups is 3. The SMILES string of the molecule is CC#CC#CC#CC#CC#CC(=O)OC[C@H](COP(=O)(O)OC1C(O)[C@@H](OP(=O)(O)O)C(OP(=O)(O)O)[C@@H](O)[C@H]1O)OC(=O)CCCCCCCCCCCCCCC. The maximum atomic E-state index is 13.0. The molecule has 0 spiro atoms. The first kappa shape index (κ1) is 54.0. The van der Waals surface area contributed by atoms with Crippen LogP contribution in [-0.2, 0) is 50.9 Å². The summed E-state index contributed by atoms with van der Waals surface area (Å²) in [6.45, 7) is 1.99. The number of hydrogen-bond acceptors (Lipinski definition) is 14. The molecule has 8 N–H and O–H groups in total. The van der Waals surface area contributed by atoms with E-state index < -0.39 is 91.3 Å². The van der Waals surface area contributed by atoms with Crippen molar-refractivity contribution in [3.05, 3.63) is 0 Å². The second-order valence-electron chi connectivity index (χ2n) is 13.0. The minimum absolute atomic E-state index is 0.0710. The molecule has 1 rings (SSSR count). The minimum atomic E-state index is -5.62. The van der Waals surface area contributed by atoms with Gasteiger partial charge in [0, 0.05) is 12.3 Å². The van der Waals surface area contributed by atoms with E-state index in [9.17, 15) is 63.1 Å². The lowest BCUT2D eigenvalue weighted by atomic mass is 9.85. The van der Waals surface area contributed by atoms with Crippen LogP contribution in [0.2, 0.25) is 0 Å². The Morgan fingerprint density at radius 2 is 1.02 bits per heavy atom. The molecule has 1 aliphatic carbocycles. The highest BCUT2D eigenvalue weighted by molar-refractivity contribution is 7.47. The highest BCUT2D eigenvalue weighted by Crippen LogP contribution is 2.51. The first-order chi connectivity index (χ1) is 27.8. The zero-order valence-electron chi connectivity index (χ0n) is 32.8. The third kappa shape index (κ3) is 26.0. The van der Waals surface area contributed by atoms with Crippen LogP contribution in [0, 0.1) is 59.2 Å². The van der Waals surface area contributed by atoms with E-state index in [2.05, 4.69) is 69.3 Å². The molecular weight excluding hydrogens is 841 g/mol. The molecule has 0 heterocycles. The predicted octanol–water partition coefficient (Wildman–Crippen LogP) is 2.51. The normalized spacial score (nSPS) is 21.5. The highest BCUT2D eigenvalue weighted by Gasteiger charge is 2.56. The van der Waals surface area contributed by atoms with E-state index in [4.69, 9.17) is 18.5 Å². The molecule has 0 aliphatic heterocycles. The number of hydrogen-bond donors (Lipinski definition) is 8. The van der Waals surface area contributed by atoms with Crippen molar-refractivity contribution in [3.63, 3.8) is 0 Å². The maximum Gasteiger partial charge on any atom is 0.472 e. The molecule has 0 radical (unpaired) electrons. The second kappa shape index (κ2) is 29.2. The van der Waals surface area contributed by atoms with Crippen LogP contribution >= 0.6 is 23.5 Å². The van der Waals surface area contributed by atoms with Gasteiger partial charge >= 0.3 is 35.4 Å². The number of rotatable bonds is 26. The van der Waals surface area contributed by atoms with Crippen molar-refractivity contribution in [3.8, 4) is 59.2 Å². The average molecular weight is 895 g/mol. The van der Waals surface area contributed by atoms with Gasteiger partial charge in [0.2, 0.25) is 0 Å². The zero-order chi connectivity index (χ0) is 44.3. The van der Waals surface area contributed by atoms with Gasteiger partial charge in [-0.05, 0) is 60.7 Å². The predicted molar refractivity (Wildman–Crippen MR) is 208 cm³/mol. The molecule has 1 aliphatic rings. The van der Waals surface area contributed by atoms with Crippen LogP contribution in [0.15, 0.2) is 0 Å². The van der Waals surface area contributed by atoms with Crippen molar-refractivity contribution >= 4 is 35.4 Å². The van der Waals surface area contributed by atoms with E-state index in [-0.39, 0.29) is 6.42 Å². The monoisotopic (exact) mass is 894 g/mol. The fraction of sp³-hybridized carbons (Fsp3) is 0.676. The molecule has 0 aromatic rings. The number of esters is 2. The van der Waals surface area contributed by atoms with Crippen molar-refractivity contribution in [2.24, 2.45) is 0 Å². The van der Waals surface area contributed by atoms with Crippen LogP contribution in [0.1, 0.15) is 104 Å². The molecule has 1 saturated carbocycles. The number of carbonyl (C=O) groups is 2. The van der Waals surface area contributed by atoms with Gasteiger partial charge in [0.05, 0.1) is 6.61 Å². The molecule has 0 aromatic carbocycles. The van der Waals surface area contributed by atoms with E-state index in [0.29, 0.717) is 12.8 Å². The molecule has 8 atom stereocenters. The fourth-order valence-electron chi connectivity index (χ4n) is 5.40. The van der Waals surface area contributed by atoms with E-state index in [1.807, 2.05) is 5.92 Å². The Morgan fingerprint density at radius 3 is 1.51 bits per heavy atom. The Morgan fingerprint density at radius 1 is 0.576 bits per heavy atom. The van der Waals surface area contributed by atoms with Crippen molar-refractivity contribution in [2.45, 2.75) is 146 Å². The zero-order valence-corrected chi connectivity index (χ0v) is 35.4. The molecule has 330 valence electrons. The van der Waals surface area contributed by atoms with Crippen molar-refractivity contribution in [1.82, 2.24) is 0 Å². The summed E-state index contributed by atoms with van der Waals surface area (Å²) in [6, 6.07) is 0. The van der Waals surface area contributed by atoms with Gasteiger partial charge in [-0.25, -0.2) is 18.5 Å². The van der Waals surface area contributed by atoms with Crippen molar-refractivity contribution in [2.75, 3.05) is 13.2 Å². The Labute approximate surface area is 344 Å². The quantitative estimate of drug-likeness (QED) is 0.0203. The van der Waals surface area contributed by atoms with Crippen LogP contribution in [0.3, 0.4) is 0 Å². The first-order valence-corrected chi connectivity index (χ1v) is 23.3. The maximum absolute atomic E-state index is 13.0. The first-order valence-electron chi connectivity index (χ1n) is 18.8. The molecule has 0 saturated heterocycles. The Hall–Kier alpha value is -3.05. The third-order valence-corrected chi connectivity index (χ3v) is 10.1. The summed E-state index contributed by atoms with van der Waals surface area (Å²) < 4.78 is 64.4. The summed E-state index contributed by atoms with van der Waals surface area (Å²) in [5.74, 6) is 21.5. The lowest BCUT2D eigenvalue weighted by Gasteiger charge is -2.44. The van der Waals surface area contributed by atoms with Gasteiger partial charge < -0.3 is 49.3 Å². The number of phosphoric acid groups is 3. The lowest BCUT2D eigenvalue weighted by Crippen LogP contribution is -2.65. The van der Waals surface area contributed by atoms with Crippen LogP contribution in [0.5, 0.6) is 0 Å². The van der Waals surface area contributed by atoms with Gasteiger partial charge in [0.25, 0.3) is 0 Å². The summed E-state index contributed by atoms with van der Waals surface area (Å²) in [7, 11) is -16.7. The third-order valence-electron chi connectivity index (χ3n) is 8.13. The standard InChI is InChI=1S/C37H53O19P3/c1-3-5-7-9-11-13-14-15-16-18-20-22-24-26-31(39)53-29(27-51-30(38)25-23-21-19-17-12-10-8-6-4-2)28-52-59(49,50)56-35-32(40)33(41)36(54-57(43,44)45)37(34(35)42)55-58(46,47)48/h29,32-37,40-42H,3,5,7,9,11,13-16,18,20,22,24,26-28H2,1-2H3,(H,49,50)(H2,43,44,45)(H2,46,47,48)/t29-,32-,33+,34?,35?,36?,37-/m1/s1. The average Bonchev–Trinajstić information content (AvgIpc) is 3.15. The summed E-state index contributed by atoms with van der Waals surface area (Å²) in [4.78, 5) is 72.2. The Kier molecular flexibility index (Phi) is 26.8. The molecule has 0 amide bonds. The Bertz CT molecular complexity index is 1790. The Balaban J connectivity index is 2.93. The van der Waals surface area contributed by atoms with Gasteiger partial charge in [-0.15, -0.1) is 0 Å². The molecule has 4 unspecified atom stereocenters. The number of unbranched alkanes of at least 4 members (excludes halogenated alkanes) is 12. The van der Waals surface area contributed by atoms with Crippen LogP contribution in [0.4, 0.5) is 0 Å². The number of ether oxygens (including phenoxy) is 2. The topological polar surface area (TPSA) is 303 Å². The van der Waals surface area contributed by atoms with Crippen LogP contribution in [0.25, 0.3) is 0 Å². The molecule has 1 fully saturated rings. The highest BCUT2D eigenvalue weighted by atomic mass is 31.2. The van der Waals surface area contributed by atoms with Gasteiger partial charge in [-0.1, -0.05) is 89.9 Å². The van der Waals surface area contributed by atoms with E-state index in [0.717, 1.165) is 25.7 Å². The summed E-state index contributed by atoms with van der Waals surface area (Å²) in [6.07, 6.45) is -2.90. The van der Waals surface area contributed by atoms with Crippen LogP contribution in [-0.4, -0.2) is 108 Å². The summed E-state index contributed by atoms with van der Waals surface area (Å²) in [5.41, 5.74) is 0. The molecule has 59 heavy (non-hydrogen) atoms. The largest absolute Gasteiger partial charge is 0.472 e. The van der Waals surface area contributed by atoms with Gasteiger partial charge in [0.15, 0.2) is 6.10 Å². The van der Waals surface area contributed by atoms with E-state index >= 15 is 0 Å². The van der Waals surface area contributed by atoms with E-state index in [1.165, 1.54) is 44.9 Å². The lowest BCUT2D eigenvalue weighted by molar-refractivity contribution is -0.213. The second-order valence-corrected chi connectivity index (χ2v) is 16.8. The summed E-state index contributed by atoms with van der Waals surface area (Å²) >= 11 is 0. The smallest absolute Gasteiger partial charge is 0.456 e. The van der Waals surface area contributed by atoms with Crippen molar-refractivity contribution < 1.29 is 90.6 Å². The molecule has 22 heteroatoms. The number of aliphatic hydroxyl groups excluding tert-OH is 3. The molecular formula is C37H53O19P3. The summed E-state index contributed by atoms with van der Waals surface area (Å²) in [5, 5.41) is 31.6. The molecule has 0 aromatic heterocycles. The van der Waals surface area contributed by atoms with Gasteiger partial charge in [0.1, 0.15) is 43.2 Å². The molecule has 19 nitrogen and oxygen atoms in total. The number of aliphatic hydroxyl groups is 3. The van der Waals surface area contributed by atoms with Gasteiger partial charge in [-0.2, -0.15) is 0 Å². The molecule has 0 bridgehead atoms. The number of carbonyl (C=O) groups excluding carboxylic acids is 2. The minimum Gasteiger partial charge on any atom is -0.456 e. The van der Waals surface area contributed by atoms with Gasteiger partial charge in [-0.3, -0.25) is 22.9 Å². The van der Waals surface area contributed by atoms with Crippen molar-refractivity contribution in [1.29, 1.82) is 0 Å².